The Kier molecular flexibility index (Phi) is 6.83. The summed E-state index contributed by atoms with van der Waals surface area (Å²) in [5.41, 5.74) is -0.156. The monoisotopic (exact) mass is 451 g/mol. The second-order valence-electron chi connectivity index (χ2n) is 8.85. The average molecular weight is 451 g/mol. The van der Waals surface area contributed by atoms with Gasteiger partial charge in [0.05, 0.1) is 17.7 Å². The molecule has 1 heterocycles. The molecule has 0 unspecified atom stereocenters. The van der Waals surface area contributed by atoms with E-state index in [2.05, 4.69) is 5.32 Å². The standard InChI is InChI=1S/C24H28F3NO4/c1-5-31-10-11-32-22(30)19-14(2)28-17-12-23(3,4)13-18(29)21(17)20(19)15-8-6-7-9-16(15)24(25,26)27/h6-9,20,28H,5,10-13H2,1-4H3/t20-/m1/s1. The summed E-state index contributed by atoms with van der Waals surface area (Å²) in [6.07, 6.45) is -3.97. The summed E-state index contributed by atoms with van der Waals surface area (Å²) in [7, 11) is 0. The first-order valence-electron chi connectivity index (χ1n) is 10.6. The van der Waals surface area contributed by atoms with Crippen LogP contribution in [-0.2, 0) is 25.2 Å². The summed E-state index contributed by atoms with van der Waals surface area (Å²) >= 11 is 0. The highest BCUT2D eigenvalue weighted by Crippen LogP contribution is 2.49. The van der Waals surface area contributed by atoms with E-state index in [9.17, 15) is 22.8 Å². The molecule has 0 fully saturated rings. The van der Waals surface area contributed by atoms with Gasteiger partial charge in [-0.25, -0.2) is 4.79 Å². The summed E-state index contributed by atoms with van der Waals surface area (Å²) in [6.45, 7) is 7.88. The number of rotatable bonds is 6. The SMILES string of the molecule is CCOCCOC(=O)C1=C(C)NC2=C(C(=O)CC(C)(C)C2)[C@@H]1c1ccccc1C(F)(F)F. The van der Waals surface area contributed by atoms with Crippen LogP contribution in [0.5, 0.6) is 0 Å². The molecule has 0 aromatic heterocycles. The number of hydrogen-bond donors (Lipinski definition) is 1. The van der Waals surface area contributed by atoms with Gasteiger partial charge in [0.25, 0.3) is 0 Å². The van der Waals surface area contributed by atoms with Gasteiger partial charge in [0, 0.05) is 35.9 Å². The number of halogens is 3. The van der Waals surface area contributed by atoms with Crippen molar-refractivity contribution in [3.05, 3.63) is 57.9 Å². The Hall–Kier alpha value is -2.61. The number of allylic oxidation sites excluding steroid dienone is 3. The number of carbonyl (C=O) groups excluding carboxylic acids is 2. The fraction of sp³-hybridized carbons (Fsp3) is 0.500. The Morgan fingerprint density at radius 1 is 1.19 bits per heavy atom. The summed E-state index contributed by atoms with van der Waals surface area (Å²) in [4.78, 5) is 26.2. The number of Topliss-reactive ketones (excluding diaryl/α,β-unsaturated/α-hetero) is 1. The van der Waals surface area contributed by atoms with Crippen molar-refractivity contribution in [3.63, 3.8) is 0 Å². The molecule has 0 saturated heterocycles. The van der Waals surface area contributed by atoms with Crippen LogP contribution in [0.3, 0.4) is 0 Å². The highest BCUT2D eigenvalue weighted by atomic mass is 19.4. The lowest BCUT2D eigenvalue weighted by atomic mass is 9.68. The summed E-state index contributed by atoms with van der Waals surface area (Å²) in [6, 6.07) is 5.09. The van der Waals surface area contributed by atoms with Crippen LogP contribution in [0.1, 0.15) is 57.6 Å². The Morgan fingerprint density at radius 3 is 2.53 bits per heavy atom. The molecule has 0 amide bonds. The Balaban J connectivity index is 2.14. The normalized spacial score (nSPS) is 20.7. The number of hydrogen-bond acceptors (Lipinski definition) is 5. The molecule has 1 aromatic carbocycles. The Bertz CT molecular complexity index is 976. The number of ketones is 1. The van der Waals surface area contributed by atoms with E-state index in [1.807, 2.05) is 13.8 Å². The van der Waals surface area contributed by atoms with Gasteiger partial charge in [0.2, 0.25) is 0 Å². The summed E-state index contributed by atoms with van der Waals surface area (Å²) < 4.78 is 52.2. The molecule has 5 nitrogen and oxygen atoms in total. The topological polar surface area (TPSA) is 64.6 Å². The molecule has 1 aliphatic heterocycles. The molecular weight excluding hydrogens is 423 g/mol. The maximum atomic E-state index is 13.9. The number of ether oxygens (including phenoxy) is 2. The van der Waals surface area contributed by atoms with E-state index < -0.39 is 23.6 Å². The van der Waals surface area contributed by atoms with Gasteiger partial charge in [-0.3, -0.25) is 4.79 Å². The third-order valence-electron chi connectivity index (χ3n) is 5.70. The summed E-state index contributed by atoms with van der Waals surface area (Å²) in [5.74, 6) is -2.19. The molecule has 3 rings (SSSR count). The quantitative estimate of drug-likeness (QED) is 0.493. The Morgan fingerprint density at radius 2 is 1.88 bits per heavy atom. The molecule has 174 valence electrons. The second-order valence-corrected chi connectivity index (χ2v) is 8.85. The van der Waals surface area contributed by atoms with Crippen molar-refractivity contribution in [2.24, 2.45) is 5.41 Å². The summed E-state index contributed by atoms with van der Waals surface area (Å²) in [5, 5.41) is 3.12. The van der Waals surface area contributed by atoms with Gasteiger partial charge in [-0.1, -0.05) is 32.0 Å². The zero-order valence-corrected chi connectivity index (χ0v) is 18.7. The highest BCUT2D eigenvalue weighted by Gasteiger charge is 2.46. The maximum absolute atomic E-state index is 13.9. The van der Waals surface area contributed by atoms with Gasteiger partial charge in [0.15, 0.2) is 5.78 Å². The van der Waals surface area contributed by atoms with Crippen LogP contribution in [-0.4, -0.2) is 31.6 Å². The van der Waals surface area contributed by atoms with Crippen LogP contribution < -0.4 is 5.32 Å². The molecule has 0 spiro atoms. The molecule has 32 heavy (non-hydrogen) atoms. The third kappa shape index (κ3) is 4.90. The zero-order valence-electron chi connectivity index (χ0n) is 18.7. The van der Waals surface area contributed by atoms with E-state index in [0.717, 1.165) is 6.07 Å². The van der Waals surface area contributed by atoms with Crippen molar-refractivity contribution < 1.29 is 32.2 Å². The number of carbonyl (C=O) groups is 2. The van der Waals surface area contributed by atoms with Gasteiger partial charge in [-0.05, 0) is 37.3 Å². The first-order chi connectivity index (χ1) is 15.0. The molecule has 0 bridgehead atoms. The van der Waals surface area contributed by atoms with E-state index >= 15 is 0 Å². The van der Waals surface area contributed by atoms with Crippen LogP contribution in [0.15, 0.2) is 46.8 Å². The van der Waals surface area contributed by atoms with Gasteiger partial charge in [-0.2, -0.15) is 13.2 Å². The zero-order chi connectivity index (χ0) is 23.7. The molecule has 1 atom stereocenters. The second kappa shape index (κ2) is 9.10. The smallest absolute Gasteiger partial charge is 0.416 e. The van der Waals surface area contributed by atoms with Gasteiger partial charge in [-0.15, -0.1) is 0 Å². The molecule has 0 saturated carbocycles. The molecule has 2 aliphatic rings. The van der Waals surface area contributed by atoms with Crippen LogP contribution in [0.4, 0.5) is 13.2 Å². The molecule has 0 radical (unpaired) electrons. The van der Waals surface area contributed by atoms with E-state index in [1.165, 1.54) is 18.2 Å². The lowest BCUT2D eigenvalue weighted by molar-refractivity contribution is -0.142. The minimum Gasteiger partial charge on any atom is -0.460 e. The largest absolute Gasteiger partial charge is 0.460 e. The lowest BCUT2D eigenvalue weighted by Gasteiger charge is -2.40. The fourth-order valence-electron chi connectivity index (χ4n) is 4.44. The van der Waals surface area contributed by atoms with Crippen molar-refractivity contribution >= 4 is 11.8 Å². The lowest BCUT2D eigenvalue weighted by Crippen LogP contribution is -2.39. The van der Waals surface area contributed by atoms with Crippen molar-refractivity contribution in [3.8, 4) is 0 Å². The predicted molar refractivity (Wildman–Crippen MR) is 113 cm³/mol. The van der Waals surface area contributed by atoms with Gasteiger partial charge in [0.1, 0.15) is 6.61 Å². The van der Waals surface area contributed by atoms with Crippen LogP contribution in [0.25, 0.3) is 0 Å². The average Bonchev–Trinajstić information content (AvgIpc) is 2.68. The minimum atomic E-state index is -4.64. The van der Waals surface area contributed by atoms with Crippen molar-refractivity contribution in [1.82, 2.24) is 5.32 Å². The van der Waals surface area contributed by atoms with E-state index in [-0.39, 0.29) is 47.5 Å². The molecule has 1 aliphatic carbocycles. The predicted octanol–water partition coefficient (Wildman–Crippen LogP) is 4.89. The molecule has 1 N–H and O–H groups in total. The number of alkyl halides is 3. The minimum absolute atomic E-state index is 0.0185. The van der Waals surface area contributed by atoms with Crippen LogP contribution >= 0.6 is 0 Å². The van der Waals surface area contributed by atoms with Crippen molar-refractivity contribution in [2.75, 3.05) is 19.8 Å². The van der Waals surface area contributed by atoms with Crippen molar-refractivity contribution in [2.45, 2.75) is 52.6 Å². The fourth-order valence-corrected chi connectivity index (χ4v) is 4.44. The van der Waals surface area contributed by atoms with Crippen LogP contribution in [0, 0.1) is 5.41 Å². The first-order valence-corrected chi connectivity index (χ1v) is 10.6. The van der Waals surface area contributed by atoms with E-state index in [4.69, 9.17) is 9.47 Å². The van der Waals surface area contributed by atoms with E-state index in [1.54, 1.807) is 13.8 Å². The van der Waals surface area contributed by atoms with Gasteiger partial charge < -0.3 is 14.8 Å². The highest BCUT2D eigenvalue weighted by molar-refractivity contribution is 6.04. The Labute approximate surface area is 185 Å². The van der Waals surface area contributed by atoms with Gasteiger partial charge >= 0.3 is 12.1 Å². The molecular formula is C24H28F3NO4. The number of dihydropyridines is 1. The number of benzene rings is 1. The van der Waals surface area contributed by atoms with Crippen LogP contribution in [0.2, 0.25) is 0 Å². The number of esters is 1. The maximum Gasteiger partial charge on any atom is 0.416 e. The molecule has 1 aromatic rings. The first kappa shape index (κ1) is 24.0. The molecule has 8 heteroatoms. The number of nitrogens with one attached hydrogen (secondary N) is 1. The van der Waals surface area contributed by atoms with Crippen molar-refractivity contribution in [1.29, 1.82) is 0 Å². The van der Waals surface area contributed by atoms with E-state index in [0.29, 0.717) is 24.4 Å². The third-order valence-corrected chi connectivity index (χ3v) is 5.70.